The molecule has 128 valence electrons. The van der Waals surface area contributed by atoms with Gasteiger partial charge in [0.2, 0.25) is 5.91 Å². The fraction of sp³-hybridized carbons (Fsp3) is 0.867. The van der Waals surface area contributed by atoms with E-state index in [4.69, 9.17) is 9.47 Å². The highest BCUT2D eigenvalue weighted by Crippen LogP contribution is 2.21. The Morgan fingerprint density at radius 2 is 1.86 bits per heavy atom. The Hall–Kier alpha value is -1.34. The minimum absolute atomic E-state index is 0.0411. The molecular formula is C15H29N3O4. The van der Waals surface area contributed by atoms with Crippen LogP contribution in [0.3, 0.4) is 0 Å². The van der Waals surface area contributed by atoms with Gasteiger partial charge in [0.25, 0.3) is 0 Å². The molecule has 0 spiro atoms. The van der Waals surface area contributed by atoms with Gasteiger partial charge in [-0.2, -0.15) is 0 Å². The quantitative estimate of drug-likeness (QED) is 0.604. The van der Waals surface area contributed by atoms with E-state index in [1.54, 1.807) is 7.11 Å². The van der Waals surface area contributed by atoms with Crippen LogP contribution in [0.5, 0.6) is 0 Å². The van der Waals surface area contributed by atoms with E-state index in [0.29, 0.717) is 13.2 Å². The van der Waals surface area contributed by atoms with Gasteiger partial charge in [0, 0.05) is 25.7 Å². The van der Waals surface area contributed by atoms with Crippen molar-refractivity contribution < 1.29 is 19.1 Å². The molecule has 2 amide bonds. The van der Waals surface area contributed by atoms with Gasteiger partial charge in [-0.3, -0.25) is 4.79 Å². The minimum Gasteiger partial charge on any atom is -0.444 e. The average Bonchev–Trinajstić information content (AvgIpc) is 2.33. The number of hydrogen-bond donors (Lipinski definition) is 3. The molecule has 3 N–H and O–H groups in total. The maximum absolute atomic E-state index is 11.8. The molecule has 1 aliphatic carbocycles. The molecule has 22 heavy (non-hydrogen) atoms. The number of methoxy groups -OCH3 is 1. The third kappa shape index (κ3) is 7.09. The zero-order valence-corrected chi connectivity index (χ0v) is 14.2. The number of amides is 2. The van der Waals surface area contributed by atoms with Crippen LogP contribution in [0.1, 0.15) is 40.5 Å². The summed E-state index contributed by atoms with van der Waals surface area (Å²) in [5, 5.41) is 8.87. The van der Waals surface area contributed by atoms with Gasteiger partial charge in [-0.1, -0.05) is 0 Å². The second kappa shape index (κ2) is 8.33. The third-order valence-corrected chi connectivity index (χ3v) is 3.34. The van der Waals surface area contributed by atoms with E-state index in [1.165, 1.54) is 0 Å². The molecule has 1 saturated carbocycles. The highest BCUT2D eigenvalue weighted by molar-refractivity contribution is 5.81. The summed E-state index contributed by atoms with van der Waals surface area (Å²) in [7, 11) is 1.60. The summed E-state index contributed by atoms with van der Waals surface area (Å²) < 4.78 is 10.1. The minimum atomic E-state index is -0.486. The first-order chi connectivity index (χ1) is 10.2. The van der Waals surface area contributed by atoms with Gasteiger partial charge < -0.3 is 25.4 Å². The molecule has 1 aliphatic rings. The Morgan fingerprint density at radius 1 is 1.23 bits per heavy atom. The van der Waals surface area contributed by atoms with Crippen molar-refractivity contribution in [2.75, 3.05) is 20.3 Å². The van der Waals surface area contributed by atoms with Crippen LogP contribution in [0.25, 0.3) is 0 Å². The fourth-order valence-electron chi connectivity index (χ4n) is 2.20. The maximum Gasteiger partial charge on any atom is 0.407 e. The number of alkyl carbamates (subject to hydrolysis) is 1. The number of ether oxygens (including phenoxy) is 2. The normalized spacial score (nSPS) is 22.4. The number of carbonyl (C=O) groups excluding carboxylic acids is 2. The molecule has 0 radical (unpaired) electrons. The number of rotatable bonds is 7. The van der Waals surface area contributed by atoms with Crippen LogP contribution >= 0.6 is 0 Å². The van der Waals surface area contributed by atoms with Crippen molar-refractivity contribution in [3.8, 4) is 0 Å². The van der Waals surface area contributed by atoms with Gasteiger partial charge in [-0.15, -0.1) is 0 Å². The smallest absolute Gasteiger partial charge is 0.407 e. The van der Waals surface area contributed by atoms with Crippen molar-refractivity contribution in [3.05, 3.63) is 0 Å². The van der Waals surface area contributed by atoms with Crippen molar-refractivity contribution in [1.82, 2.24) is 16.0 Å². The number of nitrogens with one attached hydrogen (secondary N) is 3. The molecule has 7 heteroatoms. The van der Waals surface area contributed by atoms with Crippen LogP contribution in [0.15, 0.2) is 0 Å². The van der Waals surface area contributed by atoms with Crippen LogP contribution in [-0.4, -0.2) is 56.0 Å². The van der Waals surface area contributed by atoms with E-state index in [-0.39, 0.29) is 30.1 Å². The van der Waals surface area contributed by atoms with Gasteiger partial charge in [-0.25, -0.2) is 4.79 Å². The lowest BCUT2D eigenvalue weighted by atomic mass is 9.86. The molecule has 0 saturated heterocycles. The molecule has 0 aromatic carbocycles. The second-order valence-corrected chi connectivity index (χ2v) is 6.68. The predicted octanol–water partition coefficient (Wildman–Crippen LogP) is 0.783. The van der Waals surface area contributed by atoms with Crippen molar-refractivity contribution >= 4 is 12.0 Å². The largest absolute Gasteiger partial charge is 0.444 e. The molecule has 0 aromatic heterocycles. The molecule has 7 nitrogen and oxygen atoms in total. The van der Waals surface area contributed by atoms with Gasteiger partial charge in [0.1, 0.15) is 5.60 Å². The van der Waals surface area contributed by atoms with Crippen molar-refractivity contribution in [2.24, 2.45) is 0 Å². The standard InChI is InChI=1S/C15H29N3O4/c1-10(13(19)16-6-7-21-5)17-11-8-12(9-11)18-14(20)22-15(2,3)4/h10-12,17H,6-9H2,1-5H3,(H,16,19)(H,18,20). The third-order valence-electron chi connectivity index (χ3n) is 3.34. The monoisotopic (exact) mass is 315 g/mol. The second-order valence-electron chi connectivity index (χ2n) is 6.68. The summed E-state index contributed by atoms with van der Waals surface area (Å²) in [4.78, 5) is 23.4. The molecule has 0 aromatic rings. The maximum atomic E-state index is 11.8. The Labute approximate surface area is 132 Å². The first-order valence-electron chi connectivity index (χ1n) is 7.73. The van der Waals surface area contributed by atoms with Crippen LogP contribution in [0.2, 0.25) is 0 Å². The summed E-state index contributed by atoms with van der Waals surface area (Å²) in [6.07, 6.45) is 1.21. The van der Waals surface area contributed by atoms with Crippen LogP contribution in [-0.2, 0) is 14.3 Å². The predicted molar refractivity (Wildman–Crippen MR) is 83.7 cm³/mol. The summed E-state index contributed by atoms with van der Waals surface area (Å²) in [6, 6.07) is 0.0866. The van der Waals surface area contributed by atoms with Crippen molar-refractivity contribution in [1.29, 1.82) is 0 Å². The lowest BCUT2D eigenvalue weighted by Gasteiger charge is -2.38. The van der Waals surface area contributed by atoms with E-state index in [9.17, 15) is 9.59 Å². The van der Waals surface area contributed by atoms with Crippen LogP contribution < -0.4 is 16.0 Å². The summed E-state index contributed by atoms with van der Waals surface area (Å²) in [6.45, 7) is 8.35. The molecular weight excluding hydrogens is 286 g/mol. The lowest BCUT2D eigenvalue weighted by Crippen LogP contribution is -2.57. The molecule has 1 atom stereocenters. The topological polar surface area (TPSA) is 88.7 Å². The van der Waals surface area contributed by atoms with Crippen molar-refractivity contribution in [2.45, 2.75) is 64.3 Å². The molecule has 1 rings (SSSR count). The van der Waals surface area contributed by atoms with E-state index in [0.717, 1.165) is 12.8 Å². The Bertz CT molecular complexity index is 375. The Balaban J connectivity index is 2.17. The summed E-state index contributed by atoms with van der Waals surface area (Å²) in [5.41, 5.74) is -0.486. The first-order valence-corrected chi connectivity index (χ1v) is 7.73. The summed E-state index contributed by atoms with van der Waals surface area (Å²) in [5.74, 6) is -0.0411. The van der Waals surface area contributed by atoms with Gasteiger partial charge in [0.05, 0.1) is 12.6 Å². The molecule has 1 unspecified atom stereocenters. The molecule has 0 aliphatic heterocycles. The lowest BCUT2D eigenvalue weighted by molar-refractivity contribution is -0.123. The molecule has 1 fully saturated rings. The fourth-order valence-corrected chi connectivity index (χ4v) is 2.20. The number of carbonyl (C=O) groups is 2. The van der Waals surface area contributed by atoms with Crippen molar-refractivity contribution in [3.63, 3.8) is 0 Å². The summed E-state index contributed by atoms with van der Waals surface area (Å²) >= 11 is 0. The van der Waals surface area contributed by atoms with E-state index in [2.05, 4.69) is 16.0 Å². The van der Waals surface area contributed by atoms with Gasteiger partial charge in [-0.05, 0) is 40.5 Å². The van der Waals surface area contributed by atoms with Gasteiger partial charge >= 0.3 is 6.09 Å². The van der Waals surface area contributed by atoms with Crippen LogP contribution in [0.4, 0.5) is 4.79 Å². The highest BCUT2D eigenvalue weighted by Gasteiger charge is 2.33. The highest BCUT2D eigenvalue weighted by atomic mass is 16.6. The zero-order chi connectivity index (χ0) is 16.8. The SMILES string of the molecule is COCCNC(=O)C(C)NC1CC(NC(=O)OC(C)(C)C)C1. The van der Waals surface area contributed by atoms with E-state index < -0.39 is 5.60 Å². The van der Waals surface area contributed by atoms with E-state index in [1.807, 2.05) is 27.7 Å². The van der Waals surface area contributed by atoms with Gasteiger partial charge in [0.15, 0.2) is 0 Å². The van der Waals surface area contributed by atoms with Crippen LogP contribution in [0, 0.1) is 0 Å². The van der Waals surface area contributed by atoms with E-state index >= 15 is 0 Å². The Kier molecular flexibility index (Phi) is 7.09. The molecule has 0 bridgehead atoms. The average molecular weight is 315 g/mol. The number of hydrogen-bond acceptors (Lipinski definition) is 5. The Morgan fingerprint density at radius 3 is 2.41 bits per heavy atom. The zero-order valence-electron chi connectivity index (χ0n) is 14.2. The first kappa shape index (κ1) is 18.7. The molecule has 0 heterocycles.